The molecule has 5 rings (SSSR count). The van der Waals surface area contributed by atoms with Gasteiger partial charge < -0.3 is 9.26 Å². The van der Waals surface area contributed by atoms with E-state index in [1.54, 1.807) is 31.3 Å². The maximum absolute atomic E-state index is 5.56. The summed E-state index contributed by atoms with van der Waals surface area (Å²) in [6, 6.07) is 14.1. The first-order chi connectivity index (χ1) is 14.3. The highest BCUT2D eigenvalue weighted by Crippen LogP contribution is 2.41. The summed E-state index contributed by atoms with van der Waals surface area (Å²) < 4.78 is 13.2. The van der Waals surface area contributed by atoms with Crippen molar-refractivity contribution in [3.63, 3.8) is 0 Å². The first-order valence-corrected chi connectivity index (χ1v) is 10.4. The number of para-hydroxylation sites is 1. The van der Waals surface area contributed by atoms with E-state index in [0.717, 1.165) is 52.2 Å². The Morgan fingerprint density at radius 3 is 2.76 bits per heavy atom. The van der Waals surface area contributed by atoms with Crippen molar-refractivity contribution in [1.29, 1.82) is 0 Å². The molecule has 1 fully saturated rings. The number of pyridine rings is 1. The molecule has 7 nitrogen and oxygen atoms in total. The van der Waals surface area contributed by atoms with Gasteiger partial charge >= 0.3 is 0 Å². The maximum atomic E-state index is 5.56. The second-order valence-corrected chi connectivity index (χ2v) is 7.75. The zero-order valence-corrected chi connectivity index (χ0v) is 16.7. The molecule has 3 aromatic heterocycles. The number of ether oxygens (including phenoxy) is 1. The number of benzene rings is 1. The normalized spacial score (nSPS) is 13.6. The molecular weight excluding hydrogens is 386 g/mol. The Bertz CT molecular complexity index is 1120. The number of methoxy groups -OCH3 is 1. The van der Waals surface area contributed by atoms with E-state index in [4.69, 9.17) is 9.26 Å². The highest BCUT2D eigenvalue weighted by molar-refractivity contribution is 7.98. The predicted octanol–water partition coefficient (Wildman–Crippen LogP) is 4.63. The lowest BCUT2D eigenvalue weighted by atomic mass is 10.1. The Balaban J connectivity index is 1.36. The third-order valence-electron chi connectivity index (χ3n) is 4.80. The second-order valence-electron chi connectivity index (χ2n) is 6.81. The van der Waals surface area contributed by atoms with Gasteiger partial charge in [-0.15, -0.1) is 10.2 Å². The molecule has 146 valence electrons. The van der Waals surface area contributed by atoms with Crippen LogP contribution in [0.15, 0.2) is 64.5 Å². The monoisotopic (exact) mass is 405 g/mol. The fraction of sp³-hybridized carbons (Fsp3) is 0.238. The summed E-state index contributed by atoms with van der Waals surface area (Å²) in [7, 11) is 1.65. The molecule has 8 heteroatoms. The summed E-state index contributed by atoms with van der Waals surface area (Å²) in [6.07, 6.45) is 5.87. The molecule has 0 unspecified atom stereocenters. The van der Waals surface area contributed by atoms with Crippen molar-refractivity contribution in [2.75, 3.05) is 7.11 Å². The van der Waals surface area contributed by atoms with Gasteiger partial charge in [-0.2, -0.15) is 0 Å². The van der Waals surface area contributed by atoms with Gasteiger partial charge in [0, 0.05) is 35.6 Å². The Morgan fingerprint density at radius 1 is 1.14 bits per heavy atom. The van der Waals surface area contributed by atoms with Crippen molar-refractivity contribution in [2.45, 2.75) is 29.8 Å². The van der Waals surface area contributed by atoms with Gasteiger partial charge in [-0.05, 0) is 37.1 Å². The average Bonchev–Trinajstić information content (AvgIpc) is 3.35. The van der Waals surface area contributed by atoms with E-state index in [-0.39, 0.29) is 0 Å². The van der Waals surface area contributed by atoms with Gasteiger partial charge in [0.05, 0.1) is 12.9 Å². The zero-order valence-electron chi connectivity index (χ0n) is 15.9. The van der Waals surface area contributed by atoms with Gasteiger partial charge in [0.2, 0.25) is 0 Å². The molecule has 1 aromatic carbocycles. The third kappa shape index (κ3) is 3.63. The molecule has 0 spiro atoms. The van der Waals surface area contributed by atoms with Crippen LogP contribution in [0.5, 0.6) is 5.75 Å². The van der Waals surface area contributed by atoms with Crippen molar-refractivity contribution < 1.29 is 9.26 Å². The van der Waals surface area contributed by atoms with Gasteiger partial charge in [-0.3, -0.25) is 9.55 Å². The molecule has 4 aromatic rings. The molecule has 0 amide bonds. The van der Waals surface area contributed by atoms with Crippen molar-refractivity contribution in [1.82, 2.24) is 24.9 Å². The van der Waals surface area contributed by atoms with Gasteiger partial charge in [0.25, 0.3) is 0 Å². The summed E-state index contributed by atoms with van der Waals surface area (Å²) in [5.74, 6) is 3.08. The van der Waals surface area contributed by atoms with Crippen molar-refractivity contribution in [3.05, 3.63) is 60.6 Å². The molecule has 0 bridgehead atoms. The molecular formula is C21H19N5O2S. The molecule has 1 saturated carbocycles. The van der Waals surface area contributed by atoms with Crippen LogP contribution in [-0.4, -0.2) is 32.0 Å². The van der Waals surface area contributed by atoms with E-state index in [1.165, 1.54) is 0 Å². The maximum Gasteiger partial charge on any atom is 0.192 e. The van der Waals surface area contributed by atoms with Crippen molar-refractivity contribution >= 4 is 11.8 Å². The Morgan fingerprint density at radius 2 is 1.97 bits per heavy atom. The number of hydrogen-bond donors (Lipinski definition) is 0. The van der Waals surface area contributed by atoms with Crippen molar-refractivity contribution in [2.24, 2.45) is 0 Å². The third-order valence-corrected chi connectivity index (χ3v) is 5.77. The first-order valence-electron chi connectivity index (χ1n) is 9.40. The quantitative estimate of drug-likeness (QED) is 0.415. The Kier molecular flexibility index (Phi) is 4.77. The summed E-state index contributed by atoms with van der Waals surface area (Å²) in [6.45, 7) is 0. The van der Waals surface area contributed by atoms with E-state index in [2.05, 4.69) is 24.9 Å². The molecule has 1 aliphatic rings. The van der Waals surface area contributed by atoms with Gasteiger partial charge in [-0.25, -0.2) is 0 Å². The van der Waals surface area contributed by atoms with Crippen LogP contribution >= 0.6 is 11.8 Å². The highest BCUT2D eigenvalue weighted by atomic mass is 32.2. The first kappa shape index (κ1) is 17.9. The molecule has 29 heavy (non-hydrogen) atoms. The number of nitrogens with zero attached hydrogens (tertiary/aromatic N) is 5. The number of hydrogen-bond acceptors (Lipinski definition) is 7. The van der Waals surface area contributed by atoms with E-state index < -0.39 is 0 Å². The second kappa shape index (κ2) is 7.71. The SMILES string of the molecule is COc1ccccc1-c1cc(CSc2nnc(-c3ccncc3)n2C2CC2)on1. The molecule has 0 N–H and O–H groups in total. The topological polar surface area (TPSA) is 78.9 Å². The highest BCUT2D eigenvalue weighted by Gasteiger charge is 2.30. The predicted molar refractivity (Wildman–Crippen MR) is 110 cm³/mol. The minimum absolute atomic E-state index is 0.467. The van der Waals surface area contributed by atoms with Crippen molar-refractivity contribution in [3.8, 4) is 28.4 Å². The molecule has 0 atom stereocenters. The lowest BCUT2D eigenvalue weighted by molar-refractivity contribution is 0.395. The standard InChI is InChI=1S/C21H19N5O2S/c1-27-19-5-3-2-4-17(19)18-12-16(28-25-18)13-29-21-24-23-20(26(21)15-6-7-15)14-8-10-22-11-9-14/h2-5,8-12,15H,6-7,13H2,1H3. The van der Waals surface area contributed by atoms with Crippen LogP contribution in [0.4, 0.5) is 0 Å². The van der Waals surface area contributed by atoms with Crippen LogP contribution in [0.2, 0.25) is 0 Å². The van der Waals surface area contributed by atoms with Crippen LogP contribution in [-0.2, 0) is 5.75 Å². The van der Waals surface area contributed by atoms with E-state index in [0.29, 0.717) is 11.8 Å². The smallest absolute Gasteiger partial charge is 0.192 e. The van der Waals surface area contributed by atoms with Gasteiger partial charge in [0.1, 0.15) is 17.2 Å². The van der Waals surface area contributed by atoms with Crippen LogP contribution in [0, 0.1) is 0 Å². The van der Waals surface area contributed by atoms with Crippen LogP contribution in [0.3, 0.4) is 0 Å². The summed E-state index contributed by atoms with van der Waals surface area (Å²) >= 11 is 1.61. The lowest BCUT2D eigenvalue weighted by Gasteiger charge is -2.07. The van der Waals surface area contributed by atoms with Gasteiger partial charge in [-0.1, -0.05) is 29.1 Å². The van der Waals surface area contributed by atoms with E-state index >= 15 is 0 Å². The average molecular weight is 405 g/mol. The fourth-order valence-electron chi connectivity index (χ4n) is 3.24. The van der Waals surface area contributed by atoms with Crippen LogP contribution < -0.4 is 4.74 Å². The Labute approximate surface area is 172 Å². The molecule has 0 radical (unpaired) electrons. The summed E-state index contributed by atoms with van der Waals surface area (Å²) in [5, 5.41) is 14.0. The van der Waals surface area contributed by atoms with E-state index in [9.17, 15) is 0 Å². The number of rotatable bonds is 7. The summed E-state index contributed by atoms with van der Waals surface area (Å²) in [5.41, 5.74) is 2.71. The zero-order chi connectivity index (χ0) is 19.6. The molecule has 3 heterocycles. The number of thioether (sulfide) groups is 1. The summed E-state index contributed by atoms with van der Waals surface area (Å²) in [4.78, 5) is 4.09. The Hall–Kier alpha value is -3.13. The van der Waals surface area contributed by atoms with Gasteiger partial charge in [0.15, 0.2) is 11.0 Å². The number of aromatic nitrogens is 5. The lowest BCUT2D eigenvalue weighted by Crippen LogP contribution is -1.99. The molecule has 1 aliphatic carbocycles. The largest absolute Gasteiger partial charge is 0.496 e. The molecule has 0 saturated heterocycles. The minimum atomic E-state index is 0.467. The molecule has 0 aliphatic heterocycles. The van der Waals surface area contributed by atoms with Crippen LogP contribution in [0.25, 0.3) is 22.6 Å². The van der Waals surface area contributed by atoms with E-state index in [1.807, 2.05) is 42.5 Å². The minimum Gasteiger partial charge on any atom is -0.496 e. The fourth-order valence-corrected chi connectivity index (χ4v) is 4.12. The van der Waals surface area contributed by atoms with Crippen LogP contribution in [0.1, 0.15) is 24.6 Å².